The summed E-state index contributed by atoms with van der Waals surface area (Å²) in [5.41, 5.74) is 0.453. The van der Waals surface area contributed by atoms with E-state index in [1.54, 1.807) is 76.5 Å². The molecule has 0 atom stereocenters. The van der Waals surface area contributed by atoms with Gasteiger partial charge in [0, 0.05) is 34.0 Å². The molecule has 0 aliphatic carbocycles. The summed E-state index contributed by atoms with van der Waals surface area (Å²) >= 11 is 3.30. The smallest absolute Gasteiger partial charge is 0.476 e. The first kappa shape index (κ1) is 55.0. The fourth-order valence-electron chi connectivity index (χ4n) is 5.47. The summed E-state index contributed by atoms with van der Waals surface area (Å²) < 4.78 is 44.2. The van der Waals surface area contributed by atoms with E-state index < -0.39 is 40.4 Å². The number of carbonyl (C=O) groups excluding carboxylic acids is 4. The molecular weight excluding hydrogens is 911 g/mol. The molecule has 0 amide bonds. The fourth-order valence-corrected chi connectivity index (χ4v) is 5.73. The van der Waals surface area contributed by atoms with Crippen LogP contribution >= 0.6 is 15.9 Å². The highest BCUT2D eigenvalue weighted by atomic mass is 79.9. The van der Waals surface area contributed by atoms with Crippen molar-refractivity contribution in [3.63, 3.8) is 0 Å². The third-order valence-electron chi connectivity index (χ3n) is 9.99. The highest BCUT2D eigenvalue weighted by Crippen LogP contribution is 2.36. The molecule has 358 valence electrons. The third kappa shape index (κ3) is 16.8. The minimum Gasteiger partial charge on any atom is -0.476 e. The van der Waals surface area contributed by atoms with Crippen molar-refractivity contribution >= 4 is 52.4 Å². The molecule has 1 aliphatic heterocycles. The minimum absolute atomic E-state index is 0.163. The van der Waals surface area contributed by atoms with Crippen LogP contribution in [0.3, 0.4) is 0 Å². The summed E-state index contributed by atoms with van der Waals surface area (Å²) in [6.07, 6.45) is 3.35. The van der Waals surface area contributed by atoms with Gasteiger partial charge in [-0.3, -0.25) is 9.59 Å². The number of hydrogen-bond donors (Lipinski definition) is 0. The van der Waals surface area contributed by atoms with Crippen LogP contribution in [-0.4, -0.2) is 90.8 Å². The van der Waals surface area contributed by atoms with Crippen LogP contribution in [0.15, 0.2) is 89.7 Å². The zero-order valence-corrected chi connectivity index (χ0v) is 42.8. The molecule has 1 aliphatic rings. The summed E-state index contributed by atoms with van der Waals surface area (Å²) in [7, 11) is 2.26. The molecule has 4 aromatic rings. The van der Waals surface area contributed by atoms with Gasteiger partial charge < -0.3 is 37.7 Å². The highest BCUT2D eigenvalue weighted by molar-refractivity contribution is 9.10. The van der Waals surface area contributed by atoms with Gasteiger partial charge in [0.1, 0.15) is 24.4 Å². The Kier molecular flexibility index (Phi) is 18.7. The Morgan fingerprint density at radius 2 is 0.939 bits per heavy atom. The molecule has 0 spiro atoms. The average molecular weight is 978 g/mol. The van der Waals surface area contributed by atoms with Gasteiger partial charge in [-0.2, -0.15) is 0 Å². The predicted octanol–water partition coefficient (Wildman–Crippen LogP) is 9.65. The van der Waals surface area contributed by atoms with E-state index in [0.29, 0.717) is 22.9 Å². The monoisotopic (exact) mass is 976 g/mol. The van der Waals surface area contributed by atoms with Crippen molar-refractivity contribution in [3.8, 4) is 22.9 Å². The van der Waals surface area contributed by atoms with Crippen LogP contribution < -0.4 is 14.9 Å². The summed E-state index contributed by atoms with van der Waals surface area (Å²) in [5.74, 6) is -0.442. The topological polar surface area (TPSA) is 168 Å². The molecule has 66 heavy (non-hydrogen) atoms. The summed E-state index contributed by atoms with van der Waals surface area (Å²) in [6, 6.07) is 21.5. The number of benzene rings is 2. The Hall–Kier alpha value is -5.32. The molecule has 0 unspecified atom stereocenters. The predicted molar refractivity (Wildman–Crippen MR) is 257 cm³/mol. The number of methoxy groups -OCH3 is 2. The Labute approximate surface area is 399 Å². The van der Waals surface area contributed by atoms with Crippen molar-refractivity contribution in [1.29, 1.82) is 0 Å². The van der Waals surface area contributed by atoms with Crippen LogP contribution in [0.4, 0.5) is 0 Å². The van der Waals surface area contributed by atoms with E-state index >= 15 is 0 Å². The van der Waals surface area contributed by atoms with E-state index in [1.165, 1.54) is 14.2 Å². The molecule has 0 bridgehead atoms. The molecule has 3 heterocycles. The van der Waals surface area contributed by atoms with Crippen molar-refractivity contribution in [2.45, 2.75) is 119 Å². The molecule has 1 saturated heterocycles. The second-order valence-corrected chi connectivity index (χ2v) is 20.7. The van der Waals surface area contributed by atoms with Gasteiger partial charge in [0.25, 0.3) is 0 Å². The molecule has 0 radical (unpaired) electrons. The minimum atomic E-state index is -0.757. The van der Waals surface area contributed by atoms with Crippen molar-refractivity contribution in [1.82, 2.24) is 9.97 Å². The van der Waals surface area contributed by atoms with Crippen LogP contribution in [0, 0.1) is 10.8 Å². The van der Waals surface area contributed by atoms with Gasteiger partial charge in [0.15, 0.2) is 0 Å². The first-order valence-corrected chi connectivity index (χ1v) is 22.2. The van der Waals surface area contributed by atoms with Crippen LogP contribution in [0.2, 0.25) is 0 Å². The lowest BCUT2D eigenvalue weighted by atomic mass is 9.80. The first-order chi connectivity index (χ1) is 30.4. The SMILES string of the molecule is CC(C)(C)OC(=O)c1ccc(Br)cc1.COC(=O)C(C)(C)COc1ccc(-c2ccc(C(=O)OC(C)(C)C)cc2)cn1.COC(=O)C(C)(C)COc1ccc(B2OC(C)(C)C(C)(C)O2)cn1. The largest absolute Gasteiger partial charge is 0.496 e. The van der Waals surface area contributed by atoms with Crippen LogP contribution in [0.25, 0.3) is 11.1 Å². The quantitative estimate of drug-likeness (QED) is 0.0747. The van der Waals surface area contributed by atoms with Gasteiger partial charge in [-0.15, -0.1) is 0 Å². The number of rotatable bonds is 12. The summed E-state index contributed by atoms with van der Waals surface area (Å²) in [5, 5.41) is 0. The third-order valence-corrected chi connectivity index (χ3v) is 10.5. The van der Waals surface area contributed by atoms with Crippen molar-refractivity contribution < 1.29 is 56.9 Å². The Balaban J connectivity index is 0.000000277. The molecule has 1 fully saturated rings. The Bertz CT molecular complexity index is 2210. The zero-order valence-electron chi connectivity index (χ0n) is 41.2. The maximum Gasteiger partial charge on any atom is 0.496 e. The molecule has 14 nitrogen and oxygen atoms in total. The molecule has 2 aromatic heterocycles. The van der Waals surface area contributed by atoms with Crippen LogP contribution in [-0.2, 0) is 37.8 Å². The average Bonchev–Trinajstić information content (AvgIpc) is 3.46. The number of esters is 4. The van der Waals surface area contributed by atoms with Crippen molar-refractivity contribution in [2.75, 3.05) is 27.4 Å². The van der Waals surface area contributed by atoms with Crippen molar-refractivity contribution in [2.24, 2.45) is 10.8 Å². The van der Waals surface area contributed by atoms with Crippen molar-refractivity contribution in [3.05, 3.63) is 101 Å². The number of carbonyl (C=O) groups is 4. The number of pyridine rings is 2. The van der Waals surface area contributed by atoms with E-state index in [2.05, 4.69) is 25.9 Å². The molecule has 5 rings (SSSR count). The van der Waals surface area contributed by atoms with Gasteiger partial charge >= 0.3 is 31.0 Å². The van der Waals surface area contributed by atoms with E-state index in [1.807, 2.05) is 106 Å². The fraction of sp³-hybridized carbons (Fsp3) is 0.480. The number of hydrogen-bond acceptors (Lipinski definition) is 14. The van der Waals surface area contributed by atoms with E-state index in [-0.39, 0.29) is 37.1 Å². The van der Waals surface area contributed by atoms with Gasteiger partial charge in [0.2, 0.25) is 11.8 Å². The molecule has 0 N–H and O–H groups in total. The molecular formula is C50H66BBrN2O12. The lowest BCUT2D eigenvalue weighted by Gasteiger charge is -2.32. The second kappa shape index (κ2) is 22.5. The maximum atomic E-state index is 12.1. The number of aromatic nitrogens is 2. The van der Waals surface area contributed by atoms with Crippen LogP contribution in [0.1, 0.15) is 118 Å². The lowest BCUT2D eigenvalue weighted by molar-refractivity contribution is -0.153. The van der Waals surface area contributed by atoms with Gasteiger partial charge in [-0.05, 0) is 151 Å². The number of halogens is 1. The maximum absolute atomic E-state index is 12.1. The van der Waals surface area contributed by atoms with Gasteiger partial charge in [0.05, 0.1) is 47.4 Å². The van der Waals surface area contributed by atoms with E-state index in [4.69, 9.17) is 37.7 Å². The lowest BCUT2D eigenvalue weighted by Crippen LogP contribution is -2.41. The van der Waals surface area contributed by atoms with E-state index in [9.17, 15) is 19.2 Å². The van der Waals surface area contributed by atoms with Crippen LogP contribution in [0.5, 0.6) is 11.8 Å². The van der Waals surface area contributed by atoms with E-state index in [0.717, 1.165) is 21.1 Å². The van der Waals surface area contributed by atoms with Gasteiger partial charge in [-0.1, -0.05) is 34.1 Å². The summed E-state index contributed by atoms with van der Waals surface area (Å²) in [6.45, 7) is 26.5. The number of ether oxygens (including phenoxy) is 6. The summed E-state index contributed by atoms with van der Waals surface area (Å²) in [4.78, 5) is 55.5. The Morgan fingerprint density at radius 1 is 0.561 bits per heavy atom. The standard InChI is InChI=1S/C22H27NO5.C17H26BNO5.C11H13BrO2/c1-21(2,3)28-19(24)16-9-7-15(8-10-16)17-11-12-18(23-13-17)27-14-22(4,5)20(25)26-6;1-15(2,14(20)21-7)11-22-13-9-8-12(10-19-13)18-23-16(3,4)17(5,6)24-18;1-11(2,3)14-10(13)8-4-6-9(12)7-5-8/h7-13H,14H2,1-6H3;8-10H,11H2,1-7H3;4-7H,1-3H3. The normalized spacial score (nSPS) is 14.3. The molecule has 0 saturated carbocycles. The Morgan fingerprint density at radius 3 is 1.29 bits per heavy atom. The second-order valence-electron chi connectivity index (χ2n) is 19.8. The molecule has 2 aromatic carbocycles. The zero-order chi connectivity index (χ0) is 49.9. The number of nitrogens with zero attached hydrogens (tertiary/aromatic N) is 2. The first-order valence-electron chi connectivity index (χ1n) is 21.4. The van der Waals surface area contributed by atoms with Gasteiger partial charge in [-0.25, -0.2) is 19.6 Å². The highest BCUT2D eigenvalue weighted by Gasteiger charge is 2.51. The molecule has 16 heteroatoms.